The first-order chi connectivity index (χ1) is 10.7. The van der Waals surface area contributed by atoms with E-state index in [1.807, 2.05) is 24.4 Å². The van der Waals surface area contributed by atoms with Crippen molar-refractivity contribution in [3.05, 3.63) is 60.2 Å². The Bertz CT molecular complexity index is 733. The summed E-state index contributed by atoms with van der Waals surface area (Å²) in [5.74, 6) is 1.07. The summed E-state index contributed by atoms with van der Waals surface area (Å²) in [6, 6.07) is 14.8. The summed E-state index contributed by atoms with van der Waals surface area (Å²) >= 11 is 0. The molecule has 0 saturated carbocycles. The smallest absolute Gasteiger partial charge is 0.106 e. The number of nitrogens with zero attached hydrogens (tertiary/aromatic N) is 3. The number of benzene rings is 1. The molecule has 1 aromatic carbocycles. The lowest BCUT2D eigenvalue weighted by Crippen LogP contribution is -2.31. The average Bonchev–Trinajstić information content (AvgIpc) is 2.84. The van der Waals surface area contributed by atoms with Gasteiger partial charge in [-0.1, -0.05) is 18.2 Å². The highest BCUT2D eigenvalue weighted by Gasteiger charge is 2.07. The van der Waals surface area contributed by atoms with Crippen molar-refractivity contribution in [1.29, 1.82) is 0 Å². The lowest BCUT2D eigenvalue weighted by Gasteiger charge is -2.14. The van der Waals surface area contributed by atoms with Crippen LogP contribution in [0.1, 0.15) is 18.4 Å². The predicted octanol–water partition coefficient (Wildman–Crippen LogP) is 2.96. The summed E-state index contributed by atoms with van der Waals surface area (Å²) < 4.78 is 2.27. The molecule has 0 fully saturated rings. The number of aryl methyl sites for hydroxylation is 1. The van der Waals surface area contributed by atoms with Crippen LogP contribution in [0.5, 0.6) is 0 Å². The van der Waals surface area contributed by atoms with Crippen molar-refractivity contribution < 1.29 is 0 Å². The summed E-state index contributed by atoms with van der Waals surface area (Å²) in [7, 11) is 0. The van der Waals surface area contributed by atoms with Gasteiger partial charge in [0.25, 0.3) is 0 Å². The summed E-state index contributed by atoms with van der Waals surface area (Å²) in [4.78, 5) is 8.98. The number of nitrogens with one attached hydrogen (secondary N) is 1. The van der Waals surface area contributed by atoms with Crippen molar-refractivity contribution in [1.82, 2.24) is 19.9 Å². The van der Waals surface area contributed by atoms with Crippen LogP contribution in [0, 0.1) is 6.92 Å². The summed E-state index contributed by atoms with van der Waals surface area (Å²) in [6.45, 7) is 6.12. The summed E-state index contributed by atoms with van der Waals surface area (Å²) in [6.07, 6.45) is 2.80. The van der Waals surface area contributed by atoms with Gasteiger partial charge in [0.2, 0.25) is 0 Å². The molecule has 0 unspecified atom stereocenters. The number of aromatic nitrogens is 3. The lowest BCUT2D eigenvalue weighted by molar-refractivity contribution is 0.509. The zero-order valence-electron chi connectivity index (χ0n) is 13.2. The molecule has 0 radical (unpaired) electrons. The molecule has 114 valence electrons. The Labute approximate surface area is 131 Å². The minimum atomic E-state index is 0.407. The zero-order valence-corrected chi connectivity index (χ0v) is 13.2. The van der Waals surface area contributed by atoms with Gasteiger partial charge in [-0.2, -0.15) is 0 Å². The Morgan fingerprint density at radius 1 is 1.14 bits per heavy atom. The molecule has 1 atom stereocenters. The molecule has 0 saturated heterocycles. The maximum Gasteiger partial charge on any atom is 0.106 e. The molecule has 22 heavy (non-hydrogen) atoms. The fourth-order valence-electron chi connectivity index (χ4n) is 2.81. The molecule has 3 aromatic rings. The van der Waals surface area contributed by atoms with E-state index in [2.05, 4.69) is 58.0 Å². The number of fused-ring (bicyclic) bond motifs is 1. The highest BCUT2D eigenvalue weighted by molar-refractivity contribution is 5.75. The van der Waals surface area contributed by atoms with Crippen LogP contribution in [0.3, 0.4) is 0 Å². The van der Waals surface area contributed by atoms with E-state index < -0.39 is 0 Å². The van der Waals surface area contributed by atoms with Crippen molar-refractivity contribution in [3.8, 4) is 0 Å². The summed E-state index contributed by atoms with van der Waals surface area (Å²) in [5, 5.41) is 3.57. The molecule has 3 rings (SSSR count). The van der Waals surface area contributed by atoms with E-state index in [0.717, 1.165) is 36.5 Å². The number of para-hydroxylation sites is 2. The normalized spacial score (nSPS) is 12.6. The van der Waals surface area contributed by atoms with Gasteiger partial charge in [0.05, 0.1) is 11.0 Å². The number of rotatable bonds is 6. The molecule has 2 heterocycles. The van der Waals surface area contributed by atoms with Crippen molar-refractivity contribution in [2.75, 3.05) is 6.54 Å². The molecule has 2 aromatic heterocycles. The van der Waals surface area contributed by atoms with Crippen LogP contribution in [0.25, 0.3) is 11.0 Å². The van der Waals surface area contributed by atoms with Gasteiger partial charge in [0.1, 0.15) is 5.82 Å². The van der Waals surface area contributed by atoms with Crippen molar-refractivity contribution in [3.63, 3.8) is 0 Å². The van der Waals surface area contributed by atoms with Gasteiger partial charge in [-0.15, -0.1) is 0 Å². The van der Waals surface area contributed by atoms with E-state index in [1.54, 1.807) is 0 Å². The van der Waals surface area contributed by atoms with Gasteiger partial charge in [0.15, 0.2) is 0 Å². The first kappa shape index (κ1) is 14.7. The van der Waals surface area contributed by atoms with Crippen LogP contribution >= 0.6 is 0 Å². The summed E-state index contributed by atoms with van der Waals surface area (Å²) in [5.41, 5.74) is 3.41. The second kappa shape index (κ2) is 6.71. The largest absolute Gasteiger partial charge is 0.327 e. The molecular weight excluding hydrogens is 272 g/mol. The first-order valence-corrected chi connectivity index (χ1v) is 7.79. The maximum atomic E-state index is 4.60. The van der Waals surface area contributed by atoms with Crippen LogP contribution in [0.4, 0.5) is 0 Å². The Morgan fingerprint density at radius 2 is 1.95 bits per heavy atom. The minimum absolute atomic E-state index is 0.407. The van der Waals surface area contributed by atoms with Gasteiger partial charge in [-0.3, -0.25) is 4.98 Å². The minimum Gasteiger partial charge on any atom is -0.327 e. The van der Waals surface area contributed by atoms with Crippen LogP contribution < -0.4 is 5.32 Å². The van der Waals surface area contributed by atoms with Gasteiger partial charge in [0, 0.05) is 37.4 Å². The van der Waals surface area contributed by atoms with Crippen LogP contribution in [0.2, 0.25) is 0 Å². The number of hydrogen-bond donors (Lipinski definition) is 1. The monoisotopic (exact) mass is 294 g/mol. The predicted molar refractivity (Wildman–Crippen MR) is 89.9 cm³/mol. The van der Waals surface area contributed by atoms with Gasteiger partial charge >= 0.3 is 0 Å². The number of imidazole rings is 1. The third kappa shape index (κ3) is 3.34. The van der Waals surface area contributed by atoms with Crippen molar-refractivity contribution >= 4 is 11.0 Å². The molecule has 1 N–H and O–H groups in total. The van der Waals surface area contributed by atoms with Crippen molar-refractivity contribution in [2.45, 2.75) is 32.9 Å². The molecule has 0 aliphatic carbocycles. The Balaban J connectivity index is 1.57. The molecule has 4 nitrogen and oxygen atoms in total. The van der Waals surface area contributed by atoms with Crippen molar-refractivity contribution in [2.24, 2.45) is 0 Å². The van der Waals surface area contributed by atoms with E-state index in [4.69, 9.17) is 0 Å². The number of pyridine rings is 1. The van der Waals surface area contributed by atoms with E-state index in [-0.39, 0.29) is 0 Å². The second-order valence-corrected chi connectivity index (χ2v) is 5.68. The SMILES string of the molecule is Cc1nc2ccccc2n1CCN[C@@H](C)Cc1ccccn1. The van der Waals surface area contributed by atoms with Gasteiger partial charge in [-0.25, -0.2) is 4.98 Å². The van der Waals surface area contributed by atoms with E-state index in [1.165, 1.54) is 5.52 Å². The highest BCUT2D eigenvalue weighted by atomic mass is 15.1. The topological polar surface area (TPSA) is 42.7 Å². The second-order valence-electron chi connectivity index (χ2n) is 5.68. The fraction of sp³-hybridized carbons (Fsp3) is 0.333. The molecule has 4 heteroatoms. The maximum absolute atomic E-state index is 4.60. The fourth-order valence-corrected chi connectivity index (χ4v) is 2.81. The average molecular weight is 294 g/mol. The van der Waals surface area contributed by atoms with Gasteiger partial charge in [-0.05, 0) is 38.1 Å². The van der Waals surface area contributed by atoms with E-state index in [9.17, 15) is 0 Å². The lowest BCUT2D eigenvalue weighted by atomic mass is 10.1. The molecular formula is C18H22N4. The molecule has 0 aliphatic rings. The third-order valence-electron chi connectivity index (χ3n) is 3.92. The quantitative estimate of drug-likeness (QED) is 0.760. The molecule has 0 spiro atoms. The Kier molecular flexibility index (Phi) is 4.49. The van der Waals surface area contributed by atoms with E-state index in [0.29, 0.717) is 6.04 Å². The third-order valence-corrected chi connectivity index (χ3v) is 3.92. The molecule has 0 aliphatic heterocycles. The van der Waals surface area contributed by atoms with Crippen LogP contribution in [-0.2, 0) is 13.0 Å². The van der Waals surface area contributed by atoms with E-state index >= 15 is 0 Å². The van der Waals surface area contributed by atoms with Gasteiger partial charge < -0.3 is 9.88 Å². The van der Waals surface area contributed by atoms with Crippen LogP contribution in [-0.4, -0.2) is 27.1 Å². The Hall–Kier alpha value is -2.20. The molecule has 0 amide bonds. The zero-order chi connectivity index (χ0) is 15.4. The van der Waals surface area contributed by atoms with Crippen LogP contribution in [0.15, 0.2) is 48.7 Å². The Morgan fingerprint density at radius 3 is 2.77 bits per heavy atom. The molecule has 0 bridgehead atoms. The highest BCUT2D eigenvalue weighted by Crippen LogP contribution is 2.14. The first-order valence-electron chi connectivity index (χ1n) is 7.79. The number of hydrogen-bond acceptors (Lipinski definition) is 3. The standard InChI is InChI=1S/C18H22N4/c1-14(13-16-7-5-6-10-20-16)19-11-12-22-15(2)21-17-8-3-4-9-18(17)22/h3-10,14,19H,11-13H2,1-2H3/t14-/m0/s1.